The molecule has 0 bridgehead atoms. The molecule has 1 N–H and O–H groups in total. The summed E-state index contributed by atoms with van der Waals surface area (Å²) in [6.45, 7) is 2.61. The highest BCUT2D eigenvalue weighted by atomic mass is 79.9. The fourth-order valence-electron chi connectivity index (χ4n) is 2.62. The number of para-hydroxylation sites is 1. The summed E-state index contributed by atoms with van der Waals surface area (Å²) in [7, 11) is 1.60. The van der Waals surface area contributed by atoms with Gasteiger partial charge in [0, 0.05) is 11.0 Å². The van der Waals surface area contributed by atoms with Crippen molar-refractivity contribution in [3.05, 3.63) is 52.8 Å². The molecule has 2 aromatic carbocycles. The molecule has 146 valence electrons. The maximum absolute atomic E-state index is 13.9. The number of nitrogens with one attached hydrogen (secondary N) is 1. The molecule has 1 amide bonds. The Balaban J connectivity index is 1.73. The number of methoxy groups -OCH3 is 1. The van der Waals surface area contributed by atoms with Gasteiger partial charge in [-0.05, 0) is 37.3 Å². The van der Waals surface area contributed by atoms with E-state index in [-0.39, 0.29) is 17.3 Å². The van der Waals surface area contributed by atoms with Gasteiger partial charge in [0.15, 0.2) is 11.0 Å². The quantitative estimate of drug-likeness (QED) is 0.517. The molecular formula is C19H18BrFN4O2S. The van der Waals surface area contributed by atoms with Crippen molar-refractivity contribution in [2.24, 2.45) is 0 Å². The van der Waals surface area contributed by atoms with Crippen LogP contribution in [0.5, 0.6) is 5.75 Å². The van der Waals surface area contributed by atoms with Crippen LogP contribution in [0.1, 0.15) is 6.92 Å². The van der Waals surface area contributed by atoms with Gasteiger partial charge >= 0.3 is 0 Å². The van der Waals surface area contributed by atoms with Crippen molar-refractivity contribution in [2.75, 3.05) is 18.2 Å². The van der Waals surface area contributed by atoms with Gasteiger partial charge in [0.05, 0.1) is 24.1 Å². The number of carbonyl (C=O) groups excluding carboxylic acids is 1. The zero-order chi connectivity index (χ0) is 20.1. The van der Waals surface area contributed by atoms with Crippen molar-refractivity contribution in [2.45, 2.75) is 18.6 Å². The third kappa shape index (κ3) is 4.53. The zero-order valence-corrected chi connectivity index (χ0v) is 17.7. The van der Waals surface area contributed by atoms with Crippen molar-refractivity contribution >= 4 is 39.3 Å². The van der Waals surface area contributed by atoms with Crippen LogP contribution in [0.15, 0.2) is 52.1 Å². The van der Waals surface area contributed by atoms with Crippen LogP contribution in [-0.2, 0) is 11.3 Å². The number of benzene rings is 2. The van der Waals surface area contributed by atoms with Gasteiger partial charge in [0.1, 0.15) is 11.6 Å². The minimum atomic E-state index is -0.497. The predicted octanol–water partition coefficient (Wildman–Crippen LogP) is 4.61. The maximum Gasteiger partial charge on any atom is 0.234 e. The van der Waals surface area contributed by atoms with Crippen molar-refractivity contribution in [1.29, 1.82) is 0 Å². The number of hydrogen-bond acceptors (Lipinski definition) is 5. The van der Waals surface area contributed by atoms with E-state index in [0.29, 0.717) is 27.7 Å². The first-order valence-electron chi connectivity index (χ1n) is 8.47. The summed E-state index contributed by atoms with van der Waals surface area (Å²) in [6, 6.07) is 12.0. The standard InChI is InChI=1S/C19H18BrFN4O2S/c1-3-25-18(13-6-4-5-7-16(13)27-2)23-24-19(25)28-11-17(26)22-15-9-8-12(20)10-14(15)21/h4-10H,3,11H2,1-2H3,(H,22,26). The Morgan fingerprint density at radius 1 is 1.29 bits per heavy atom. The number of ether oxygens (including phenoxy) is 1. The molecule has 0 radical (unpaired) electrons. The van der Waals surface area contributed by atoms with E-state index < -0.39 is 5.82 Å². The van der Waals surface area contributed by atoms with Crippen LogP contribution in [0, 0.1) is 5.82 Å². The molecule has 0 atom stereocenters. The van der Waals surface area contributed by atoms with E-state index in [1.807, 2.05) is 35.8 Å². The summed E-state index contributed by atoms with van der Waals surface area (Å²) in [5.74, 6) is 0.629. The lowest BCUT2D eigenvalue weighted by atomic mass is 10.2. The molecule has 9 heteroatoms. The Hall–Kier alpha value is -2.39. The molecule has 0 aliphatic carbocycles. The normalized spacial score (nSPS) is 10.7. The van der Waals surface area contributed by atoms with E-state index in [0.717, 1.165) is 5.56 Å². The van der Waals surface area contributed by atoms with Crippen LogP contribution in [0.25, 0.3) is 11.4 Å². The minimum absolute atomic E-state index is 0.0829. The van der Waals surface area contributed by atoms with E-state index in [1.54, 1.807) is 13.2 Å². The lowest BCUT2D eigenvalue weighted by Gasteiger charge is -2.10. The van der Waals surface area contributed by atoms with Gasteiger partial charge in [0.2, 0.25) is 5.91 Å². The van der Waals surface area contributed by atoms with Crippen molar-refractivity contribution in [3.63, 3.8) is 0 Å². The number of carbonyl (C=O) groups is 1. The van der Waals surface area contributed by atoms with Gasteiger partial charge in [-0.1, -0.05) is 39.8 Å². The van der Waals surface area contributed by atoms with Crippen LogP contribution in [0.2, 0.25) is 0 Å². The molecule has 1 aromatic heterocycles. The monoisotopic (exact) mass is 464 g/mol. The number of nitrogens with zero attached hydrogens (tertiary/aromatic N) is 3. The summed E-state index contributed by atoms with van der Waals surface area (Å²) in [5, 5.41) is 11.6. The molecule has 0 aliphatic heterocycles. The summed E-state index contributed by atoms with van der Waals surface area (Å²) in [5.41, 5.74) is 0.966. The molecule has 0 saturated carbocycles. The summed E-state index contributed by atoms with van der Waals surface area (Å²) in [6.07, 6.45) is 0. The van der Waals surface area contributed by atoms with Gasteiger partial charge in [-0.3, -0.25) is 4.79 Å². The van der Waals surface area contributed by atoms with Gasteiger partial charge in [-0.15, -0.1) is 10.2 Å². The molecule has 0 spiro atoms. The number of thioether (sulfide) groups is 1. The molecule has 3 aromatic rings. The third-order valence-corrected chi connectivity index (χ3v) is 5.38. The third-order valence-electron chi connectivity index (χ3n) is 3.92. The highest BCUT2D eigenvalue weighted by Crippen LogP contribution is 2.30. The smallest absolute Gasteiger partial charge is 0.234 e. The summed E-state index contributed by atoms with van der Waals surface area (Å²) in [4.78, 5) is 12.2. The average Bonchev–Trinajstić information content (AvgIpc) is 3.11. The number of amides is 1. The SMILES string of the molecule is CCn1c(SCC(=O)Nc2ccc(Br)cc2F)nnc1-c1ccccc1OC. The molecule has 6 nitrogen and oxygen atoms in total. The van der Waals surface area contributed by atoms with Crippen LogP contribution in [-0.4, -0.2) is 33.5 Å². The van der Waals surface area contributed by atoms with Crippen LogP contribution >= 0.6 is 27.7 Å². The minimum Gasteiger partial charge on any atom is -0.496 e. The summed E-state index contributed by atoms with van der Waals surface area (Å²) >= 11 is 4.43. The van der Waals surface area contributed by atoms with Crippen molar-refractivity contribution in [1.82, 2.24) is 14.8 Å². The van der Waals surface area contributed by atoms with Gasteiger partial charge in [-0.2, -0.15) is 0 Å². The van der Waals surface area contributed by atoms with Crippen LogP contribution in [0.3, 0.4) is 0 Å². The Morgan fingerprint density at radius 3 is 2.79 bits per heavy atom. The van der Waals surface area contributed by atoms with E-state index >= 15 is 0 Å². The van der Waals surface area contributed by atoms with Crippen molar-refractivity contribution < 1.29 is 13.9 Å². The second-order valence-electron chi connectivity index (χ2n) is 5.71. The molecule has 1 heterocycles. The van der Waals surface area contributed by atoms with E-state index in [4.69, 9.17) is 4.74 Å². The zero-order valence-electron chi connectivity index (χ0n) is 15.3. The second kappa shape index (κ2) is 9.20. The van der Waals surface area contributed by atoms with Gasteiger partial charge in [0.25, 0.3) is 0 Å². The van der Waals surface area contributed by atoms with Crippen molar-refractivity contribution in [3.8, 4) is 17.1 Å². The van der Waals surface area contributed by atoms with Gasteiger partial charge in [-0.25, -0.2) is 4.39 Å². The molecule has 0 aliphatic rings. The lowest BCUT2D eigenvalue weighted by Crippen LogP contribution is -2.15. The first kappa shape index (κ1) is 20.3. The first-order chi connectivity index (χ1) is 13.5. The topological polar surface area (TPSA) is 69.0 Å². The Labute approximate surface area is 174 Å². The maximum atomic E-state index is 13.9. The predicted molar refractivity (Wildman–Crippen MR) is 111 cm³/mol. The molecule has 3 rings (SSSR count). The molecular weight excluding hydrogens is 447 g/mol. The highest BCUT2D eigenvalue weighted by molar-refractivity contribution is 9.10. The second-order valence-corrected chi connectivity index (χ2v) is 7.57. The number of halogens is 2. The molecule has 0 saturated heterocycles. The van der Waals surface area contributed by atoms with Gasteiger partial charge < -0.3 is 14.6 Å². The number of rotatable bonds is 7. The Kier molecular flexibility index (Phi) is 6.69. The van der Waals surface area contributed by atoms with E-state index in [1.165, 1.54) is 23.9 Å². The van der Waals surface area contributed by atoms with E-state index in [9.17, 15) is 9.18 Å². The average molecular weight is 465 g/mol. The molecule has 0 unspecified atom stereocenters. The van der Waals surface area contributed by atoms with Crippen LogP contribution < -0.4 is 10.1 Å². The Bertz CT molecular complexity index is 996. The Morgan fingerprint density at radius 2 is 2.07 bits per heavy atom. The fourth-order valence-corrected chi connectivity index (χ4v) is 3.75. The molecule has 0 fully saturated rings. The number of anilines is 1. The molecule has 28 heavy (non-hydrogen) atoms. The fraction of sp³-hybridized carbons (Fsp3) is 0.211. The lowest BCUT2D eigenvalue weighted by molar-refractivity contribution is -0.113. The van der Waals surface area contributed by atoms with E-state index in [2.05, 4.69) is 31.4 Å². The van der Waals surface area contributed by atoms with Crippen LogP contribution in [0.4, 0.5) is 10.1 Å². The summed E-state index contributed by atoms with van der Waals surface area (Å²) < 4.78 is 21.8. The highest BCUT2D eigenvalue weighted by Gasteiger charge is 2.17. The largest absolute Gasteiger partial charge is 0.496 e. The first-order valence-corrected chi connectivity index (χ1v) is 10.3. The number of hydrogen-bond donors (Lipinski definition) is 1. The number of aromatic nitrogens is 3.